The molecule has 1 heterocycles. The molecule has 0 amide bonds. The van der Waals surface area contributed by atoms with Crippen LogP contribution < -0.4 is 20.7 Å². The molecule has 0 unspecified atom stereocenters. The predicted molar refractivity (Wildman–Crippen MR) is 109 cm³/mol. The van der Waals surface area contributed by atoms with Crippen LogP contribution in [0, 0.1) is 5.41 Å². The zero-order valence-electron chi connectivity index (χ0n) is 17.2. The van der Waals surface area contributed by atoms with Crippen molar-refractivity contribution in [3.05, 3.63) is 29.5 Å². The number of nitrogens with zero attached hydrogens (tertiary/aromatic N) is 2. The number of aromatic nitrogens is 2. The third-order valence-electron chi connectivity index (χ3n) is 4.24. The van der Waals surface area contributed by atoms with Crippen LogP contribution in [0.2, 0.25) is 0 Å². The standard InChI is InChI=1S/C19H22F6N6O/c1-3-4-5-8-28-15-11(9-26)13(6-7-14(15)32-19(23,24)25)30-17-29-10-12(18(20,21)22)16(27-2)31-17/h6-7,9-10,26,28H,3-5,8H2,1-2H3,(H2,27,29,30,31). The summed E-state index contributed by atoms with van der Waals surface area (Å²) in [6, 6.07) is 2.23. The first-order valence-electron chi connectivity index (χ1n) is 9.56. The van der Waals surface area contributed by atoms with Gasteiger partial charge in [0.2, 0.25) is 5.95 Å². The van der Waals surface area contributed by atoms with E-state index in [1.54, 1.807) is 0 Å². The third-order valence-corrected chi connectivity index (χ3v) is 4.24. The normalized spacial score (nSPS) is 11.8. The fraction of sp³-hybridized carbons (Fsp3) is 0.421. The number of rotatable bonds is 10. The lowest BCUT2D eigenvalue weighted by Crippen LogP contribution is -2.19. The van der Waals surface area contributed by atoms with Crippen molar-refractivity contribution >= 4 is 29.4 Å². The molecule has 2 rings (SSSR count). The Balaban J connectivity index is 2.44. The van der Waals surface area contributed by atoms with E-state index in [4.69, 9.17) is 5.41 Å². The topological polar surface area (TPSA) is 94.9 Å². The van der Waals surface area contributed by atoms with Gasteiger partial charge in [-0.2, -0.15) is 18.2 Å². The molecular weight excluding hydrogens is 442 g/mol. The molecule has 0 fully saturated rings. The first-order chi connectivity index (χ1) is 15.0. The smallest absolute Gasteiger partial charge is 0.404 e. The van der Waals surface area contributed by atoms with E-state index in [2.05, 4.69) is 30.7 Å². The van der Waals surface area contributed by atoms with Gasteiger partial charge < -0.3 is 26.1 Å². The van der Waals surface area contributed by atoms with E-state index in [9.17, 15) is 26.3 Å². The Kier molecular flexibility index (Phi) is 8.11. The SMILES string of the molecule is CCCCCNc1c(OC(F)(F)F)ccc(Nc2ncc(C(F)(F)F)c(NC)n2)c1C=N. The number of anilines is 4. The highest BCUT2D eigenvalue weighted by atomic mass is 19.4. The summed E-state index contributed by atoms with van der Waals surface area (Å²) in [7, 11) is 1.26. The highest BCUT2D eigenvalue weighted by Gasteiger charge is 2.35. The first-order valence-corrected chi connectivity index (χ1v) is 9.56. The lowest BCUT2D eigenvalue weighted by molar-refractivity contribution is -0.274. The van der Waals surface area contributed by atoms with Crippen molar-refractivity contribution in [1.29, 1.82) is 5.41 Å². The summed E-state index contributed by atoms with van der Waals surface area (Å²) in [6.45, 7) is 2.29. The molecule has 7 nitrogen and oxygen atoms in total. The van der Waals surface area contributed by atoms with E-state index in [1.165, 1.54) is 13.1 Å². The van der Waals surface area contributed by atoms with Gasteiger partial charge in [0.15, 0.2) is 5.75 Å². The largest absolute Gasteiger partial charge is 0.573 e. The molecule has 0 aliphatic rings. The quantitative estimate of drug-likeness (QED) is 0.202. The molecule has 0 atom stereocenters. The lowest BCUT2D eigenvalue weighted by Gasteiger charge is -2.20. The van der Waals surface area contributed by atoms with Crippen LogP contribution in [0.15, 0.2) is 18.3 Å². The minimum absolute atomic E-state index is 0.00208. The summed E-state index contributed by atoms with van der Waals surface area (Å²) in [5.74, 6) is -1.27. The van der Waals surface area contributed by atoms with Crippen LogP contribution in [0.4, 0.5) is 49.5 Å². The Labute approximate surface area is 180 Å². The van der Waals surface area contributed by atoms with E-state index >= 15 is 0 Å². The van der Waals surface area contributed by atoms with Crippen LogP contribution in [-0.2, 0) is 6.18 Å². The number of hydrogen-bond acceptors (Lipinski definition) is 7. The molecule has 1 aromatic carbocycles. The van der Waals surface area contributed by atoms with Crippen LogP contribution in [0.1, 0.15) is 37.3 Å². The van der Waals surface area contributed by atoms with Crippen molar-refractivity contribution in [2.45, 2.75) is 38.7 Å². The minimum Gasteiger partial charge on any atom is -0.404 e. The molecule has 0 aliphatic carbocycles. The Hall–Kier alpha value is -3.25. The molecule has 0 bridgehead atoms. The molecule has 0 saturated carbocycles. The zero-order valence-corrected chi connectivity index (χ0v) is 17.2. The number of alkyl halides is 6. The second-order valence-electron chi connectivity index (χ2n) is 6.55. The van der Waals surface area contributed by atoms with E-state index in [0.29, 0.717) is 19.2 Å². The number of halogens is 6. The van der Waals surface area contributed by atoms with Gasteiger partial charge in [0.25, 0.3) is 0 Å². The summed E-state index contributed by atoms with van der Waals surface area (Å²) >= 11 is 0. The van der Waals surface area contributed by atoms with Gasteiger partial charge in [-0.25, -0.2) is 4.98 Å². The Morgan fingerprint density at radius 3 is 2.41 bits per heavy atom. The average molecular weight is 464 g/mol. The Morgan fingerprint density at radius 2 is 1.84 bits per heavy atom. The molecule has 0 spiro atoms. The average Bonchev–Trinajstić information content (AvgIpc) is 2.70. The van der Waals surface area contributed by atoms with Crippen molar-refractivity contribution in [2.24, 2.45) is 0 Å². The zero-order chi connectivity index (χ0) is 23.9. The van der Waals surface area contributed by atoms with E-state index in [1.807, 2.05) is 6.92 Å². The van der Waals surface area contributed by atoms with Gasteiger partial charge in [-0.15, -0.1) is 13.2 Å². The number of ether oxygens (including phenoxy) is 1. The van der Waals surface area contributed by atoms with Gasteiger partial charge >= 0.3 is 12.5 Å². The lowest BCUT2D eigenvalue weighted by atomic mass is 10.1. The summed E-state index contributed by atoms with van der Waals surface area (Å²) in [5, 5.41) is 15.5. The minimum atomic E-state index is -4.95. The maximum absolute atomic E-state index is 13.0. The number of nitrogens with one attached hydrogen (secondary N) is 4. The number of hydrogen-bond donors (Lipinski definition) is 4. The first kappa shape index (κ1) is 25.0. The molecule has 1 aromatic heterocycles. The molecule has 4 N–H and O–H groups in total. The Morgan fingerprint density at radius 1 is 1.12 bits per heavy atom. The van der Waals surface area contributed by atoms with Crippen molar-refractivity contribution < 1.29 is 31.1 Å². The highest BCUT2D eigenvalue weighted by molar-refractivity contribution is 5.96. The summed E-state index contributed by atoms with van der Waals surface area (Å²) < 4.78 is 81.6. The monoisotopic (exact) mass is 464 g/mol. The van der Waals surface area contributed by atoms with Crippen molar-refractivity contribution in [3.63, 3.8) is 0 Å². The van der Waals surface area contributed by atoms with Crippen molar-refractivity contribution in [3.8, 4) is 5.75 Å². The van der Waals surface area contributed by atoms with Crippen molar-refractivity contribution in [2.75, 3.05) is 29.5 Å². The Bertz CT molecular complexity index is 932. The molecule has 13 heteroatoms. The van der Waals surface area contributed by atoms with Gasteiger partial charge in [-0.1, -0.05) is 19.8 Å². The van der Waals surface area contributed by atoms with Gasteiger partial charge in [0, 0.05) is 31.6 Å². The molecular formula is C19H22F6N6O. The maximum atomic E-state index is 13.0. The summed E-state index contributed by atoms with van der Waals surface area (Å²) in [4.78, 5) is 7.40. The fourth-order valence-corrected chi connectivity index (χ4v) is 2.80. The van der Waals surface area contributed by atoms with Crippen LogP contribution in [0.25, 0.3) is 0 Å². The van der Waals surface area contributed by atoms with Crippen LogP contribution in [0.5, 0.6) is 5.75 Å². The maximum Gasteiger partial charge on any atom is 0.573 e. The van der Waals surface area contributed by atoms with E-state index in [0.717, 1.165) is 25.1 Å². The molecule has 2 aromatic rings. The van der Waals surface area contributed by atoms with E-state index < -0.39 is 29.7 Å². The van der Waals surface area contributed by atoms with Gasteiger partial charge in [-0.05, 0) is 18.6 Å². The highest BCUT2D eigenvalue weighted by Crippen LogP contribution is 2.38. The van der Waals surface area contributed by atoms with Crippen molar-refractivity contribution in [1.82, 2.24) is 9.97 Å². The van der Waals surface area contributed by atoms with Gasteiger partial charge in [-0.3, -0.25) is 0 Å². The molecule has 0 saturated heterocycles. The second-order valence-corrected chi connectivity index (χ2v) is 6.55. The summed E-state index contributed by atoms with van der Waals surface area (Å²) in [6.07, 6.45) is -5.84. The molecule has 0 aliphatic heterocycles. The fourth-order valence-electron chi connectivity index (χ4n) is 2.80. The number of benzene rings is 1. The van der Waals surface area contributed by atoms with Crippen LogP contribution >= 0.6 is 0 Å². The van der Waals surface area contributed by atoms with E-state index in [-0.39, 0.29) is 22.9 Å². The van der Waals surface area contributed by atoms with Crippen LogP contribution in [-0.4, -0.2) is 36.1 Å². The predicted octanol–water partition coefficient (Wildman–Crippen LogP) is 5.78. The second kappa shape index (κ2) is 10.4. The molecule has 176 valence electrons. The molecule has 0 radical (unpaired) electrons. The van der Waals surface area contributed by atoms with Crippen LogP contribution in [0.3, 0.4) is 0 Å². The van der Waals surface area contributed by atoms with Gasteiger partial charge in [0.05, 0.1) is 11.4 Å². The van der Waals surface area contributed by atoms with Gasteiger partial charge in [0.1, 0.15) is 11.4 Å². The third kappa shape index (κ3) is 6.62. The molecule has 32 heavy (non-hydrogen) atoms. The number of unbranched alkanes of at least 4 members (excludes halogenated alkanes) is 2. The summed E-state index contributed by atoms with van der Waals surface area (Å²) in [5.41, 5.74) is -1.06.